The summed E-state index contributed by atoms with van der Waals surface area (Å²) >= 11 is 0. The van der Waals surface area contributed by atoms with Gasteiger partial charge in [-0.1, -0.05) is 26.0 Å². The average molecular weight is 343 g/mol. The molecular weight excluding hydrogens is 316 g/mol. The first-order chi connectivity index (χ1) is 12.0. The Morgan fingerprint density at radius 2 is 1.16 bits per heavy atom. The van der Waals surface area contributed by atoms with E-state index in [4.69, 9.17) is 18.9 Å². The van der Waals surface area contributed by atoms with E-state index in [2.05, 4.69) is 26.0 Å². The number of rotatable bonds is 8. The maximum absolute atomic E-state index is 5.64. The smallest absolute Gasteiger partial charge is 0.126 e. The molecule has 2 aromatic carbocycles. The Bertz CT molecular complexity index is 639. The van der Waals surface area contributed by atoms with Crippen molar-refractivity contribution in [3.05, 3.63) is 53.4 Å². The van der Waals surface area contributed by atoms with Gasteiger partial charge in [0.15, 0.2) is 0 Å². The van der Waals surface area contributed by atoms with Crippen LogP contribution in [0, 0.1) is 5.92 Å². The molecule has 0 amide bonds. The molecular formula is C21H27O4. The van der Waals surface area contributed by atoms with Gasteiger partial charge >= 0.3 is 0 Å². The fourth-order valence-electron chi connectivity index (χ4n) is 3.01. The summed E-state index contributed by atoms with van der Waals surface area (Å²) in [6, 6.07) is 11.9. The molecule has 4 nitrogen and oxygen atoms in total. The highest BCUT2D eigenvalue weighted by Gasteiger charge is 2.24. The highest BCUT2D eigenvalue weighted by Crippen LogP contribution is 2.42. The summed E-state index contributed by atoms with van der Waals surface area (Å²) in [7, 11) is 6.68. The number of ether oxygens (including phenoxy) is 4. The quantitative estimate of drug-likeness (QED) is 0.686. The molecule has 4 heteroatoms. The van der Waals surface area contributed by atoms with Crippen LogP contribution in [-0.4, -0.2) is 28.4 Å². The molecule has 135 valence electrons. The normalized spacial score (nSPS) is 10.9. The number of methoxy groups -OCH3 is 4. The Balaban J connectivity index is 2.57. The fourth-order valence-corrected chi connectivity index (χ4v) is 3.01. The zero-order valence-electron chi connectivity index (χ0n) is 15.9. The van der Waals surface area contributed by atoms with Crippen molar-refractivity contribution in [2.75, 3.05) is 28.4 Å². The molecule has 1 radical (unpaired) electrons. The lowest BCUT2D eigenvalue weighted by Gasteiger charge is -2.24. The first-order valence-electron chi connectivity index (χ1n) is 8.26. The van der Waals surface area contributed by atoms with Crippen LogP contribution in [-0.2, 0) is 0 Å². The predicted octanol–water partition coefficient (Wildman–Crippen LogP) is 4.86. The van der Waals surface area contributed by atoms with Gasteiger partial charge in [-0.2, -0.15) is 0 Å². The van der Waals surface area contributed by atoms with Crippen LogP contribution in [0.2, 0.25) is 0 Å². The van der Waals surface area contributed by atoms with Crippen molar-refractivity contribution < 1.29 is 18.9 Å². The van der Waals surface area contributed by atoms with Gasteiger partial charge in [-0.25, -0.2) is 0 Å². The monoisotopic (exact) mass is 343 g/mol. The Labute approximate surface area is 150 Å². The number of benzene rings is 2. The van der Waals surface area contributed by atoms with Crippen molar-refractivity contribution in [2.45, 2.75) is 26.2 Å². The third kappa shape index (κ3) is 4.38. The molecule has 2 aromatic rings. The van der Waals surface area contributed by atoms with Crippen LogP contribution in [0.25, 0.3) is 0 Å². The number of hydrogen-bond donors (Lipinski definition) is 0. The lowest BCUT2D eigenvalue weighted by molar-refractivity contribution is 0.383. The summed E-state index contributed by atoms with van der Waals surface area (Å²) in [5.41, 5.74) is 2.21. The molecule has 25 heavy (non-hydrogen) atoms. The topological polar surface area (TPSA) is 36.9 Å². The van der Waals surface area contributed by atoms with Crippen molar-refractivity contribution in [3.8, 4) is 23.0 Å². The van der Waals surface area contributed by atoms with Crippen LogP contribution in [0.1, 0.15) is 37.3 Å². The Morgan fingerprint density at radius 3 is 1.48 bits per heavy atom. The molecule has 0 aliphatic rings. The highest BCUT2D eigenvalue weighted by molar-refractivity contribution is 5.51. The van der Waals surface area contributed by atoms with Crippen LogP contribution in [0.4, 0.5) is 0 Å². The summed E-state index contributed by atoms with van der Waals surface area (Å²) in [4.78, 5) is 0. The molecule has 0 saturated carbocycles. The Morgan fingerprint density at radius 1 is 0.720 bits per heavy atom. The molecule has 0 atom stereocenters. The highest BCUT2D eigenvalue weighted by atomic mass is 16.5. The summed E-state index contributed by atoms with van der Waals surface area (Å²) in [6.45, 7) is 4.28. The lowest BCUT2D eigenvalue weighted by Crippen LogP contribution is -2.08. The van der Waals surface area contributed by atoms with Gasteiger partial charge in [-0.3, -0.25) is 0 Å². The zero-order valence-corrected chi connectivity index (χ0v) is 15.9. The summed E-state index contributed by atoms with van der Waals surface area (Å²) in [5.74, 6) is 4.62. The van der Waals surface area contributed by atoms with Gasteiger partial charge in [-0.15, -0.1) is 0 Å². The van der Waals surface area contributed by atoms with Gasteiger partial charge in [-0.05, 0) is 24.5 Å². The van der Waals surface area contributed by atoms with Crippen LogP contribution < -0.4 is 18.9 Å². The third-order valence-corrected chi connectivity index (χ3v) is 4.24. The maximum atomic E-state index is 5.64. The van der Waals surface area contributed by atoms with E-state index in [1.807, 2.05) is 24.3 Å². The van der Waals surface area contributed by atoms with Gasteiger partial charge in [0.05, 0.1) is 28.4 Å². The SMILES string of the molecule is COc1ccc(C(C[C](C)C)c2ccc(OC)cc2OC)c(OC)c1. The van der Waals surface area contributed by atoms with E-state index in [1.165, 1.54) is 5.92 Å². The standard InChI is InChI=1S/C21H27O4/c1-14(2)11-19(17-9-7-15(22-3)12-20(17)24-5)18-10-8-16(23-4)13-21(18)25-6/h7-10,12-13,19H,11H2,1-6H3. The second kappa shape index (κ2) is 8.65. The molecule has 0 aliphatic heterocycles. The zero-order chi connectivity index (χ0) is 18.4. The summed E-state index contributed by atoms with van der Waals surface area (Å²) < 4.78 is 21.9. The molecule has 0 heterocycles. The molecule has 0 saturated heterocycles. The average Bonchev–Trinajstić information content (AvgIpc) is 2.64. The van der Waals surface area contributed by atoms with E-state index in [0.29, 0.717) is 0 Å². The van der Waals surface area contributed by atoms with Crippen molar-refractivity contribution in [1.82, 2.24) is 0 Å². The van der Waals surface area contributed by atoms with E-state index in [9.17, 15) is 0 Å². The molecule has 0 aromatic heterocycles. The summed E-state index contributed by atoms with van der Waals surface area (Å²) in [6.07, 6.45) is 0.894. The predicted molar refractivity (Wildman–Crippen MR) is 100 cm³/mol. The van der Waals surface area contributed by atoms with Gasteiger partial charge in [0.2, 0.25) is 0 Å². The van der Waals surface area contributed by atoms with E-state index < -0.39 is 0 Å². The van der Waals surface area contributed by atoms with E-state index in [0.717, 1.165) is 40.5 Å². The first-order valence-corrected chi connectivity index (χ1v) is 8.26. The maximum Gasteiger partial charge on any atom is 0.126 e. The first kappa shape index (κ1) is 19.0. The molecule has 0 N–H and O–H groups in total. The largest absolute Gasteiger partial charge is 0.497 e. The van der Waals surface area contributed by atoms with Crippen LogP contribution in [0.15, 0.2) is 36.4 Å². The molecule has 0 fully saturated rings. The number of hydrogen-bond acceptors (Lipinski definition) is 4. The van der Waals surface area contributed by atoms with E-state index in [1.54, 1.807) is 28.4 Å². The van der Waals surface area contributed by atoms with Crippen molar-refractivity contribution in [3.63, 3.8) is 0 Å². The fraction of sp³-hybridized carbons (Fsp3) is 0.381. The third-order valence-electron chi connectivity index (χ3n) is 4.24. The second-order valence-electron chi connectivity index (χ2n) is 6.18. The Kier molecular flexibility index (Phi) is 6.57. The minimum atomic E-state index is 0.117. The van der Waals surface area contributed by atoms with Crippen molar-refractivity contribution in [2.24, 2.45) is 0 Å². The van der Waals surface area contributed by atoms with Gasteiger partial charge in [0.1, 0.15) is 23.0 Å². The van der Waals surface area contributed by atoms with Crippen molar-refractivity contribution in [1.29, 1.82) is 0 Å². The van der Waals surface area contributed by atoms with Crippen LogP contribution >= 0.6 is 0 Å². The molecule has 2 rings (SSSR count). The molecule has 0 aliphatic carbocycles. The van der Waals surface area contributed by atoms with Crippen LogP contribution in [0.3, 0.4) is 0 Å². The van der Waals surface area contributed by atoms with Gasteiger partial charge in [0.25, 0.3) is 0 Å². The lowest BCUT2D eigenvalue weighted by atomic mass is 9.83. The Hall–Kier alpha value is -2.36. The second-order valence-corrected chi connectivity index (χ2v) is 6.18. The van der Waals surface area contributed by atoms with Crippen LogP contribution in [0.5, 0.6) is 23.0 Å². The molecule has 0 bridgehead atoms. The molecule has 0 spiro atoms. The minimum Gasteiger partial charge on any atom is -0.497 e. The minimum absolute atomic E-state index is 0.117. The van der Waals surface area contributed by atoms with Gasteiger partial charge in [0, 0.05) is 29.2 Å². The summed E-state index contributed by atoms with van der Waals surface area (Å²) in [5, 5.41) is 0. The van der Waals surface area contributed by atoms with E-state index >= 15 is 0 Å². The van der Waals surface area contributed by atoms with Gasteiger partial charge < -0.3 is 18.9 Å². The van der Waals surface area contributed by atoms with E-state index in [-0.39, 0.29) is 5.92 Å². The van der Waals surface area contributed by atoms with Crippen molar-refractivity contribution >= 4 is 0 Å². The molecule has 0 unspecified atom stereocenters.